The van der Waals surface area contributed by atoms with Crippen LogP contribution in [0.3, 0.4) is 0 Å². The topological polar surface area (TPSA) is 73.1 Å². The third kappa shape index (κ3) is 5.21. The van der Waals surface area contributed by atoms with Crippen LogP contribution in [0, 0.1) is 5.92 Å². The molecule has 0 aliphatic heterocycles. The Bertz CT molecular complexity index is 368. The van der Waals surface area contributed by atoms with Gasteiger partial charge in [0.25, 0.3) is 0 Å². The average Bonchev–Trinajstić information content (AvgIpc) is 2.27. The van der Waals surface area contributed by atoms with E-state index in [1.165, 1.54) is 12.8 Å². The van der Waals surface area contributed by atoms with E-state index in [0.717, 1.165) is 18.2 Å². The molecule has 0 aromatic carbocycles. The van der Waals surface area contributed by atoms with E-state index in [-0.39, 0.29) is 5.95 Å². The van der Waals surface area contributed by atoms with E-state index in [9.17, 15) is 0 Å². The zero-order valence-corrected chi connectivity index (χ0v) is 11.7. The molecule has 0 bridgehead atoms. The first-order valence-corrected chi connectivity index (χ1v) is 6.46. The van der Waals surface area contributed by atoms with Gasteiger partial charge in [-0.3, -0.25) is 0 Å². The predicted molar refractivity (Wildman–Crippen MR) is 74.8 cm³/mol. The van der Waals surface area contributed by atoms with Gasteiger partial charge < -0.3 is 15.8 Å². The normalized spacial score (nSPS) is 12.5. The van der Waals surface area contributed by atoms with Crippen molar-refractivity contribution in [2.24, 2.45) is 5.92 Å². The van der Waals surface area contributed by atoms with E-state index in [4.69, 9.17) is 10.5 Å². The van der Waals surface area contributed by atoms with Crippen LogP contribution < -0.4 is 15.8 Å². The summed E-state index contributed by atoms with van der Waals surface area (Å²) in [5, 5.41) is 3.32. The molecule has 1 aromatic rings. The molecule has 1 heterocycles. The Balaban J connectivity index is 2.48. The van der Waals surface area contributed by atoms with Crippen molar-refractivity contribution in [3.05, 3.63) is 6.07 Å². The van der Waals surface area contributed by atoms with Crippen molar-refractivity contribution in [2.75, 3.05) is 18.2 Å². The Labute approximate surface area is 109 Å². The van der Waals surface area contributed by atoms with Crippen molar-refractivity contribution in [3.63, 3.8) is 0 Å². The van der Waals surface area contributed by atoms with Crippen LogP contribution in [0.1, 0.15) is 40.0 Å². The second-order valence-electron chi connectivity index (χ2n) is 5.02. The summed E-state index contributed by atoms with van der Waals surface area (Å²) in [5.74, 6) is 2.19. The minimum atomic E-state index is 0.228. The van der Waals surface area contributed by atoms with E-state index in [1.807, 2.05) is 0 Å². The lowest BCUT2D eigenvalue weighted by molar-refractivity contribution is 0.398. The minimum Gasteiger partial charge on any atom is -0.481 e. The van der Waals surface area contributed by atoms with Crippen LogP contribution in [-0.2, 0) is 0 Å². The van der Waals surface area contributed by atoms with Crippen molar-refractivity contribution < 1.29 is 4.74 Å². The van der Waals surface area contributed by atoms with Gasteiger partial charge in [-0.2, -0.15) is 9.97 Å². The zero-order valence-electron chi connectivity index (χ0n) is 11.7. The summed E-state index contributed by atoms with van der Waals surface area (Å²) in [6.07, 6.45) is 3.58. The number of nitrogens with two attached hydrogens (primary N) is 1. The molecule has 18 heavy (non-hydrogen) atoms. The second-order valence-corrected chi connectivity index (χ2v) is 5.02. The maximum absolute atomic E-state index is 5.61. The number of nitrogens with zero attached hydrogens (tertiary/aromatic N) is 2. The quantitative estimate of drug-likeness (QED) is 0.780. The van der Waals surface area contributed by atoms with Gasteiger partial charge in [-0.15, -0.1) is 0 Å². The Morgan fingerprint density at radius 2 is 2.00 bits per heavy atom. The lowest BCUT2D eigenvalue weighted by Gasteiger charge is -2.15. The minimum absolute atomic E-state index is 0.228. The van der Waals surface area contributed by atoms with Crippen molar-refractivity contribution in [3.8, 4) is 5.88 Å². The van der Waals surface area contributed by atoms with Gasteiger partial charge in [0.05, 0.1) is 7.11 Å². The number of anilines is 2. The molecule has 102 valence electrons. The van der Waals surface area contributed by atoms with Crippen molar-refractivity contribution in [2.45, 2.75) is 46.1 Å². The Hall–Kier alpha value is -1.52. The van der Waals surface area contributed by atoms with Crippen LogP contribution in [0.4, 0.5) is 11.8 Å². The van der Waals surface area contributed by atoms with Gasteiger partial charge in [0.1, 0.15) is 5.82 Å². The molecule has 1 atom stereocenters. The molecule has 1 unspecified atom stereocenters. The molecule has 1 rings (SSSR count). The number of hydrogen-bond acceptors (Lipinski definition) is 5. The number of nitrogen functional groups attached to an aromatic ring is 1. The van der Waals surface area contributed by atoms with Gasteiger partial charge in [0.2, 0.25) is 11.8 Å². The summed E-state index contributed by atoms with van der Waals surface area (Å²) < 4.78 is 5.06. The van der Waals surface area contributed by atoms with Crippen LogP contribution >= 0.6 is 0 Å². The number of ether oxygens (including phenoxy) is 1. The Morgan fingerprint density at radius 3 is 2.61 bits per heavy atom. The van der Waals surface area contributed by atoms with Gasteiger partial charge in [-0.1, -0.05) is 26.7 Å². The molecule has 0 aliphatic rings. The van der Waals surface area contributed by atoms with Gasteiger partial charge in [0.15, 0.2) is 0 Å². The van der Waals surface area contributed by atoms with E-state index < -0.39 is 0 Å². The second kappa shape index (κ2) is 7.03. The zero-order chi connectivity index (χ0) is 13.5. The number of methoxy groups -OCH3 is 1. The molecule has 0 aliphatic carbocycles. The Morgan fingerprint density at radius 1 is 1.28 bits per heavy atom. The fraction of sp³-hybridized carbons (Fsp3) is 0.692. The number of hydrogen-bond donors (Lipinski definition) is 2. The number of aromatic nitrogens is 2. The average molecular weight is 252 g/mol. The maximum atomic E-state index is 5.61. The van der Waals surface area contributed by atoms with Crippen LogP contribution in [0.2, 0.25) is 0 Å². The highest BCUT2D eigenvalue weighted by molar-refractivity contribution is 5.43. The predicted octanol–water partition coefficient (Wildman–Crippen LogP) is 2.69. The van der Waals surface area contributed by atoms with Gasteiger partial charge in [-0.05, 0) is 19.3 Å². The standard InChI is InChI=1S/C13H24N4O/c1-9(2)6-5-7-10(3)15-11-8-12(18-4)17-13(14)16-11/h8-10H,5-7H2,1-4H3,(H3,14,15,16,17). The van der Waals surface area contributed by atoms with Crippen molar-refractivity contribution in [1.82, 2.24) is 9.97 Å². The molecule has 3 N–H and O–H groups in total. The summed E-state index contributed by atoms with van der Waals surface area (Å²) in [5.41, 5.74) is 5.61. The van der Waals surface area contributed by atoms with Crippen LogP contribution in [0.15, 0.2) is 6.07 Å². The fourth-order valence-corrected chi connectivity index (χ4v) is 1.78. The third-order valence-corrected chi connectivity index (χ3v) is 2.74. The smallest absolute Gasteiger partial charge is 0.225 e. The van der Waals surface area contributed by atoms with Crippen molar-refractivity contribution >= 4 is 11.8 Å². The first kappa shape index (κ1) is 14.5. The van der Waals surface area contributed by atoms with Gasteiger partial charge in [-0.25, -0.2) is 0 Å². The summed E-state index contributed by atoms with van der Waals surface area (Å²) >= 11 is 0. The summed E-state index contributed by atoms with van der Waals surface area (Å²) in [7, 11) is 1.57. The van der Waals surface area contributed by atoms with Gasteiger partial charge in [0, 0.05) is 12.1 Å². The van der Waals surface area contributed by atoms with E-state index in [0.29, 0.717) is 11.9 Å². The molecular formula is C13H24N4O. The van der Waals surface area contributed by atoms with Crippen LogP contribution in [0.25, 0.3) is 0 Å². The molecule has 5 heteroatoms. The van der Waals surface area contributed by atoms with Crippen LogP contribution in [0.5, 0.6) is 5.88 Å². The van der Waals surface area contributed by atoms with E-state index in [1.54, 1.807) is 13.2 Å². The molecule has 5 nitrogen and oxygen atoms in total. The highest BCUT2D eigenvalue weighted by Gasteiger charge is 2.07. The summed E-state index contributed by atoms with van der Waals surface area (Å²) in [4.78, 5) is 8.09. The lowest BCUT2D eigenvalue weighted by Crippen LogP contribution is -2.17. The SMILES string of the molecule is COc1cc(NC(C)CCCC(C)C)nc(N)n1. The Kier molecular flexibility index (Phi) is 5.68. The monoisotopic (exact) mass is 252 g/mol. The highest BCUT2D eigenvalue weighted by Crippen LogP contribution is 2.16. The first-order chi connectivity index (χ1) is 8.51. The van der Waals surface area contributed by atoms with E-state index >= 15 is 0 Å². The number of rotatable bonds is 7. The molecule has 0 saturated heterocycles. The molecule has 1 aromatic heterocycles. The third-order valence-electron chi connectivity index (χ3n) is 2.74. The largest absolute Gasteiger partial charge is 0.481 e. The van der Waals surface area contributed by atoms with E-state index in [2.05, 4.69) is 36.1 Å². The molecule has 0 saturated carbocycles. The maximum Gasteiger partial charge on any atom is 0.225 e. The van der Waals surface area contributed by atoms with Crippen LogP contribution in [-0.4, -0.2) is 23.1 Å². The van der Waals surface area contributed by atoms with Crippen molar-refractivity contribution in [1.29, 1.82) is 0 Å². The first-order valence-electron chi connectivity index (χ1n) is 6.46. The van der Waals surface area contributed by atoms with Gasteiger partial charge >= 0.3 is 0 Å². The molecule has 0 amide bonds. The summed E-state index contributed by atoms with van der Waals surface area (Å²) in [6, 6.07) is 2.12. The number of nitrogens with one attached hydrogen (secondary N) is 1. The molecular weight excluding hydrogens is 228 g/mol. The highest BCUT2D eigenvalue weighted by atomic mass is 16.5. The molecule has 0 radical (unpaired) electrons. The lowest BCUT2D eigenvalue weighted by atomic mass is 10.0. The summed E-state index contributed by atoms with van der Waals surface area (Å²) in [6.45, 7) is 6.63. The molecule has 0 fully saturated rings. The fourth-order valence-electron chi connectivity index (χ4n) is 1.78. The molecule has 0 spiro atoms.